The summed E-state index contributed by atoms with van der Waals surface area (Å²) in [6, 6.07) is 0.563. The van der Waals surface area contributed by atoms with E-state index < -0.39 is 0 Å². The van der Waals surface area contributed by atoms with Crippen LogP contribution in [0.15, 0.2) is 58.6 Å². The molecule has 0 saturated carbocycles. The zero-order valence-corrected chi connectivity index (χ0v) is 16.8. The molecule has 0 amide bonds. The summed E-state index contributed by atoms with van der Waals surface area (Å²) in [5.74, 6) is 2.20. The van der Waals surface area contributed by atoms with Crippen LogP contribution >= 0.6 is 12.4 Å². The highest BCUT2D eigenvalue weighted by Gasteiger charge is 2.46. The van der Waals surface area contributed by atoms with Crippen LogP contribution in [-0.2, 0) is 0 Å². The molecular weight excluding hydrogens is 340 g/mol. The van der Waals surface area contributed by atoms with Gasteiger partial charge in [-0.05, 0) is 67.6 Å². The van der Waals surface area contributed by atoms with Crippen molar-refractivity contribution in [2.75, 3.05) is 6.54 Å². The number of dihydropyridines is 1. The molecular formula is C23H31ClN2. The first kappa shape index (κ1) is 18.0. The average Bonchev–Trinajstić information content (AvgIpc) is 2.84. The van der Waals surface area contributed by atoms with Gasteiger partial charge in [-0.3, -0.25) is 0 Å². The van der Waals surface area contributed by atoms with Gasteiger partial charge in [-0.15, -0.1) is 12.4 Å². The molecule has 3 heterocycles. The first-order valence-corrected chi connectivity index (χ1v) is 10.3. The van der Waals surface area contributed by atoms with Gasteiger partial charge in [0, 0.05) is 35.6 Å². The third-order valence-electron chi connectivity index (χ3n) is 6.74. The molecule has 3 atom stereocenters. The Morgan fingerprint density at radius 1 is 1.19 bits per heavy atom. The number of allylic oxidation sites excluding steroid dienone is 5. The Bertz CT molecular complexity index is 737. The predicted octanol–water partition coefficient (Wildman–Crippen LogP) is 5.47. The van der Waals surface area contributed by atoms with Crippen LogP contribution in [0.4, 0.5) is 0 Å². The van der Waals surface area contributed by atoms with E-state index in [1.165, 1.54) is 44.2 Å². The summed E-state index contributed by atoms with van der Waals surface area (Å²) < 4.78 is 0. The maximum absolute atomic E-state index is 3.48. The van der Waals surface area contributed by atoms with Gasteiger partial charge in [-0.1, -0.05) is 32.1 Å². The third-order valence-corrected chi connectivity index (χ3v) is 6.74. The van der Waals surface area contributed by atoms with E-state index in [9.17, 15) is 0 Å². The lowest BCUT2D eigenvalue weighted by Crippen LogP contribution is -2.35. The highest BCUT2D eigenvalue weighted by Crippen LogP contribution is 2.54. The zero-order chi connectivity index (χ0) is 17.0. The van der Waals surface area contributed by atoms with Gasteiger partial charge >= 0.3 is 0 Å². The molecule has 5 rings (SSSR count). The summed E-state index contributed by atoms with van der Waals surface area (Å²) in [5, 5.41) is 3.48. The number of hydrogen-bond donors (Lipinski definition) is 1. The first-order chi connectivity index (χ1) is 12.2. The Kier molecular flexibility index (Phi) is 4.81. The molecule has 1 N–H and O–H groups in total. The monoisotopic (exact) mass is 370 g/mol. The molecule has 0 aromatic heterocycles. The Morgan fingerprint density at radius 3 is 2.92 bits per heavy atom. The summed E-state index contributed by atoms with van der Waals surface area (Å²) in [6.07, 6.45) is 19.8. The molecule has 3 unspecified atom stereocenters. The molecule has 0 radical (unpaired) electrons. The van der Waals surface area contributed by atoms with E-state index in [-0.39, 0.29) is 12.4 Å². The van der Waals surface area contributed by atoms with Crippen molar-refractivity contribution < 1.29 is 0 Å². The molecule has 1 saturated heterocycles. The standard InChI is InChI=1S/C23H30N2.ClH/c1-15(2)13-17-8-10-19-20-14-24-12-11-22(20)25-21-6-4-3-5-16(21)7-9-18(17)23(19)25;/h3,5,7,11,14-15,17,19,21,24H,4,6,8-10,12-13H2,1-2H3;1H. The normalized spacial score (nSPS) is 31.7. The van der Waals surface area contributed by atoms with Crippen molar-refractivity contribution in [1.82, 2.24) is 10.2 Å². The first-order valence-electron chi connectivity index (χ1n) is 10.3. The van der Waals surface area contributed by atoms with Gasteiger partial charge < -0.3 is 10.2 Å². The Balaban J connectivity index is 0.00000168. The Morgan fingerprint density at radius 2 is 2.08 bits per heavy atom. The van der Waals surface area contributed by atoms with Crippen molar-refractivity contribution in [3.63, 3.8) is 0 Å². The molecule has 26 heavy (non-hydrogen) atoms. The summed E-state index contributed by atoms with van der Waals surface area (Å²) >= 11 is 0. The highest BCUT2D eigenvalue weighted by molar-refractivity contribution is 5.85. The minimum absolute atomic E-state index is 0. The van der Waals surface area contributed by atoms with E-state index in [1.807, 2.05) is 0 Å². The topological polar surface area (TPSA) is 15.3 Å². The van der Waals surface area contributed by atoms with Gasteiger partial charge in [0.05, 0.1) is 6.04 Å². The molecule has 3 heteroatoms. The van der Waals surface area contributed by atoms with Crippen LogP contribution in [0.25, 0.3) is 0 Å². The highest BCUT2D eigenvalue weighted by atomic mass is 35.5. The smallest absolute Gasteiger partial charge is 0.0588 e. The summed E-state index contributed by atoms with van der Waals surface area (Å²) in [4.78, 5) is 2.78. The van der Waals surface area contributed by atoms with E-state index in [2.05, 4.69) is 54.6 Å². The van der Waals surface area contributed by atoms with E-state index in [1.54, 1.807) is 22.4 Å². The molecule has 5 aliphatic rings. The minimum atomic E-state index is 0. The largest absolute Gasteiger partial charge is 0.387 e. The molecule has 0 bridgehead atoms. The van der Waals surface area contributed by atoms with Crippen molar-refractivity contribution >= 4 is 12.4 Å². The van der Waals surface area contributed by atoms with Gasteiger partial charge in [-0.25, -0.2) is 0 Å². The van der Waals surface area contributed by atoms with Crippen LogP contribution in [0.2, 0.25) is 0 Å². The van der Waals surface area contributed by atoms with Gasteiger partial charge in [0.25, 0.3) is 0 Å². The van der Waals surface area contributed by atoms with Crippen molar-refractivity contribution in [3.8, 4) is 0 Å². The second kappa shape index (κ2) is 6.96. The van der Waals surface area contributed by atoms with Crippen LogP contribution < -0.4 is 5.32 Å². The van der Waals surface area contributed by atoms with Crippen molar-refractivity contribution in [3.05, 3.63) is 58.6 Å². The van der Waals surface area contributed by atoms with Crippen LogP contribution in [-0.4, -0.2) is 17.5 Å². The van der Waals surface area contributed by atoms with Crippen LogP contribution in [0.3, 0.4) is 0 Å². The number of rotatable bonds is 2. The number of nitrogens with zero attached hydrogens (tertiary/aromatic N) is 1. The van der Waals surface area contributed by atoms with Crippen molar-refractivity contribution in [2.24, 2.45) is 17.8 Å². The summed E-state index contributed by atoms with van der Waals surface area (Å²) in [5.41, 5.74) is 8.11. The fourth-order valence-electron chi connectivity index (χ4n) is 5.80. The maximum atomic E-state index is 3.48. The quantitative estimate of drug-likeness (QED) is 0.693. The lowest BCUT2D eigenvalue weighted by molar-refractivity contribution is 0.307. The summed E-state index contributed by atoms with van der Waals surface area (Å²) in [7, 11) is 0. The SMILES string of the molecule is CC(C)CC1CCC2C3=CNCC=C3N3C2=C1CC=C1C=CCCC13.Cl. The zero-order valence-electron chi connectivity index (χ0n) is 16.0. The lowest BCUT2D eigenvalue weighted by Gasteiger charge is -2.37. The molecule has 0 aromatic rings. The van der Waals surface area contributed by atoms with E-state index in [0.717, 1.165) is 18.4 Å². The average molecular weight is 371 g/mol. The third kappa shape index (κ3) is 2.69. The Labute approximate surface area is 164 Å². The van der Waals surface area contributed by atoms with Gasteiger partial charge in [-0.2, -0.15) is 0 Å². The number of nitrogens with one attached hydrogen (secondary N) is 1. The van der Waals surface area contributed by atoms with Crippen molar-refractivity contribution in [1.29, 1.82) is 0 Å². The number of hydrogen-bond acceptors (Lipinski definition) is 2. The van der Waals surface area contributed by atoms with Gasteiger partial charge in [0.15, 0.2) is 0 Å². The van der Waals surface area contributed by atoms with Crippen LogP contribution in [0.5, 0.6) is 0 Å². The van der Waals surface area contributed by atoms with Gasteiger partial charge in [0.2, 0.25) is 0 Å². The second-order valence-corrected chi connectivity index (χ2v) is 8.74. The number of halogens is 1. The van der Waals surface area contributed by atoms with Crippen LogP contribution in [0.1, 0.15) is 52.4 Å². The lowest BCUT2D eigenvalue weighted by atomic mass is 9.74. The predicted molar refractivity (Wildman–Crippen MR) is 111 cm³/mol. The molecule has 140 valence electrons. The van der Waals surface area contributed by atoms with E-state index >= 15 is 0 Å². The van der Waals surface area contributed by atoms with Crippen LogP contribution in [0, 0.1) is 17.8 Å². The minimum Gasteiger partial charge on any atom is -0.387 e. The molecule has 0 spiro atoms. The van der Waals surface area contributed by atoms with E-state index in [4.69, 9.17) is 0 Å². The molecule has 3 aliphatic heterocycles. The van der Waals surface area contributed by atoms with Crippen molar-refractivity contribution in [2.45, 2.75) is 58.4 Å². The maximum Gasteiger partial charge on any atom is 0.0588 e. The fraction of sp³-hybridized carbons (Fsp3) is 0.565. The Hall–Kier alpha value is -1.41. The summed E-state index contributed by atoms with van der Waals surface area (Å²) in [6.45, 7) is 5.74. The molecule has 1 fully saturated rings. The molecule has 2 nitrogen and oxygen atoms in total. The molecule has 2 aliphatic carbocycles. The fourth-order valence-corrected chi connectivity index (χ4v) is 5.80. The van der Waals surface area contributed by atoms with Gasteiger partial charge in [0.1, 0.15) is 0 Å². The second-order valence-electron chi connectivity index (χ2n) is 8.74. The van der Waals surface area contributed by atoms with E-state index in [0.29, 0.717) is 12.0 Å². The number of fused-ring (bicyclic) bond motifs is 5. The molecule has 0 aromatic carbocycles.